The van der Waals surface area contributed by atoms with Crippen molar-refractivity contribution < 1.29 is 5.11 Å². The van der Waals surface area contributed by atoms with Crippen LogP contribution in [0.3, 0.4) is 0 Å². The molecule has 1 aromatic rings. The van der Waals surface area contributed by atoms with Crippen molar-refractivity contribution in [3.05, 3.63) is 35.9 Å². The molecule has 0 amide bonds. The van der Waals surface area contributed by atoms with Crippen LogP contribution in [-0.2, 0) is 5.60 Å². The van der Waals surface area contributed by atoms with E-state index in [4.69, 9.17) is 0 Å². The van der Waals surface area contributed by atoms with Gasteiger partial charge in [-0.25, -0.2) is 0 Å². The van der Waals surface area contributed by atoms with Crippen molar-refractivity contribution in [1.82, 2.24) is 0 Å². The zero-order valence-electron chi connectivity index (χ0n) is 10.2. The van der Waals surface area contributed by atoms with Crippen molar-refractivity contribution >= 4 is 0 Å². The molecule has 0 spiro atoms. The highest BCUT2D eigenvalue weighted by molar-refractivity contribution is 5.22. The summed E-state index contributed by atoms with van der Waals surface area (Å²) in [5, 5.41) is 10.8. The van der Waals surface area contributed by atoms with Gasteiger partial charge in [0, 0.05) is 0 Å². The number of rotatable bonds is 4. The van der Waals surface area contributed by atoms with Crippen LogP contribution < -0.4 is 0 Å². The minimum atomic E-state index is -0.601. The van der Waals surface area contributed by atoms with E-state index in [1.807, 2.05) is 18.2 Å². The molecular weight excluding hydrogens is 196 g/mol. The summed E-state index contributed by atoms with van der Waals surface area (Å²) in [4.78, 5) is 0. The Morgan fingerprint density at radius 2 is 1.81 bits per heavy atom. The Morgan fingerprint density at radius 1 is 1.19 bits per heavy atom. The summed E-state index contributed by atoms with van der Waals surface area (Å²) in [5.41, 5.74) is 0.486. The average molecular weight is 218 g/mol. The molecule has 0 radical (unpaired) electrons. The van der Waals surface area contributed by atoms with E-state index in [0.29, 0.717) is 0 Å². The molecule has 1 N–H and O–H groups in total. The minimum absolute atomic E-state index is 0.601. The van der Waals surface area contributed by atoms with Gasteiger partial charge in [0.05, 0.1) is 5.60 Å². The summed E-state index contributed by atoms with van der Waals surface area (Å²) in [7, 11) is 0. The van der Waals surface area contributed by atoms with Crippen LogP contribution in [0, 0.1) is 5.92 Å². The monoisotopic (exact) mass is 218 g/mol. The highest BCUT2D eigenvalue weighted by Gasteiger charge is 2.31. The summed E-state index contributed by atoms with van der Waals surface area (Å²) in [6, 6.07) is 10.2. The van der Waals surface area contributed by atoms with E-state index in [0.717, 1.165) is 24.3 Å². The highest BCUT2D eigenvalue weighted by atomic mass is 16.3. The molecule has 1 atom stereocenters. The first-order valence-corrected chi connectivity index (χ1v) is 6.52. The van der Waals surface area contributed by atoms with E-state index in [9.17, 15) is 5.11 Å². The van der Waals surface area contributed by atoms with Crippen molar-refractivity contribution in [3.8, 4) is 0 Å². The molecule has 88 valence electrons. The maximum atomic E-state index is 10.8. The smallest absolute Gasteiger partial charge is 0.0896 e. The third-order valence-electron chi connectivity index (χ3n) is 4.00. The molecule has 0 aliphatic heterocycles. The molecular formula is C15H22O. The van der Waals surface area contributed by atoms with Crippen molar-refractivity contribution in [1.29, 1.82) is 0 Å². The molecule has 0 heterocycles. The maximum absolute atomic E-state index is 10.8. The van der Waals surface area contributed by atoms with Gasteiger partial charge in [0.15, 0.2) is 0 Å². The second-order valence-corrected chi connectivity index (χ2v) is 5.11. The fourth-order valence-electron chi connectivity index (χ4n) is 2.91. The summed E-state index contributed by atoms with van der Waals surface area (Å²) >= 11 is 0. The van der Waals surface area contributed by atoms with E-state index >= 15 is 0 Å². The van der Waals surface area contributed by atoms with Crippen LogP contribution in [0.5, 0.6) is 0 Å². The third kappa shape index (κ3) is 2.46. The van der Waals surface area contributed by atoms with Gasteiger partial charge in [0.25, 0.3) is 0 Å². The maximum Gasteiger partial charge on any atom is 0.0896 e. The first-order chi connectivity index (χ1) is 7.74. The molecule has 2 rings (SSSR count). The van der Waals surface area contributed by atoms with Crippen LogP contribution in [0.4, 0.5) is 0 Å². The summed E-state index contributed by atoms with van der Waals surface area (Å²) < 4.78 is 0. The lowest BCUT2D eigenvalue weighted by atomic mass is 9.82. The molecule has 0 aromatic heterocycles. The SMILES string of the molecule is CCC(O)(CC1CCCC1)c1ccccc1. The van der Waals surface area contributed by atoms with Crippen LogP contribution in [-0.4, -0.2) is 5.11 Å². The van der Waals surface area contributed by atoms with Gasteiger partial charge in [-0.05, 0) is 24.3 Å². The zero-order chi connectivity index (χ0) is 11.4. The van der Waals surface area contributed by atoms with Gasteiger partial charge in [0.1, 0.15) is 0 Å². The first kappa shape index (κ1) is 11.7. The second-order valence-electron chi connectivity index (χ2n) is 5.11. The van der Waals surface area contributed by atoms with Crippen molar-refractivity contribution in [2.24, 2.45) is 5.92 Å². The van der Waals surface area contributed by atoms with Crippen LogP contribution >= 0.6 is 0 Å². The van der Waals surface area contributed by atoms with E-state index in [1.165, 1.54) is 25.7 Å². The van der Waals surface area contributed by atoms with Crippen LogP contribution in [0.25, 0.3) is 0 Å². The topological polar surface area (TPSA) is 20.2 Å². The normalized spacial score (nSPS) is 20.9. The molecule has 0 bridgehead atoms. The van der Waals surface area contributed by atoms with Crippen LogP contribution in [0.1, 0.15) is 51.0 Å². The molecule has 1 unspecified atom stereocenters. The molecule has 1 aromatic carbocycles. The standard InChI is InChI=1S/C15H22O/c1-2-15(16,12-13-8-6-7-9-13)14-10-4-3-5-11-14/h3-5,10-11,13,16H,2,6-9,12H2,1H3. The predicted molar refractivity (Wildman–Crippen MR) is 67.2 cm³/mol. The highest BCUT2D eigenvalue weighted by Crippen LogP contribution is 2.38. The summed E-state index contributed by atoms with van der Waals surface area (Å²) in [5.74, 6) is 0.727. The lowest BCUT2D eigenvalue weighted by Crippen LogP contribution is -2.27. The molecule has 1 aliphatic carbocycles. The van der Waals surface area contributed by atoms with Gasteiger partial charge < -0.3 is 5.11 Å². The quantitative estimate of drug-likeness (QED) is 0.813. The fraction of sp³-hybridized carbons (Fsp3) is 0.600. The Bertz CT molecular complexity index is 313. The molecule has 1 saturated carbocycles. The fourth-order valence-corrected chi connectivity index (χ4v) is 2.91. The number of benzene rings is 1. The van der Waals surface area contributed by atoms with E-state index in [1.54, 1.807) is 0 Å². The summed E-state index contributed by atoms with van der Waals surface area (Å²) in [6.07, 6.45) is 7.05. The van der Waals surface area contributed by atoms with E-state index in [-0.39, 0.29) is 0 Å². The van der Waals surface area contributed by atoms with Crippen LogP contribution in [0.2, 0.25) is 0 Å². The molecule has 1 heteroatoms. The lowest BCUT2D eigenvalue weighted by molar-refractivity contribution is 0.00766. The Balaban J connectivity index is 2.12. The van der Waals surface area contributed by atoms with Crippen molar-refractivity contribution in [2.45, 2.75) is 51.0 Å². The predicted octanol–water partition coefficient (Wildman–Crippen LogP) is 3.86. The van der Waals surface area contributed by atoms with Crippen molar-refractivity contribution in [2.75, 3.05) is 0 Å². The van der Waals surface area contributed by atoms with E-state index in [2.05, 4.69) is 19.1 Å². The van der Waals surface area contributed by atoms with Gasteiger partial charge in [0.2, 0.25) is 0 Å². The Morgan fingerprint density at radius 3 is 2.38 bits per heavy atom. The Labute approximate surface area is 98.5 Å². The number of aliphatic hydroxyl groups is 1. The molecule has 1 aliphatic rings. The first-order valence-electron chi connectivity index (χ1n) is 6.52. The Hall–Kier alpha value is -0.820. The number of hydrogen-bond donors (Lipinski definition) is 1. The second kappa shape index (κ2) is 5.01. The molecule has 1 fully saturated rings. The van der Waals surface area contributed by atoms with E-state index < -0.39 is 5.60 Å². The van der Waals surface area contributed by atoms with Gasteiger partial charge in [-0.3, -0.25) is 0 Å². The van der Waals surface area contributed by atoms with Gasteiger partial charge >= 0.3 is 0 Å². The molecule has 1 nitrogen and oxygen atoms in total. The molecule has 0 saturated heterocycles. The lowest BCUT2D eigenvalue weighted by Gasteiger charge is -2.30. The van der Waals surface area contributed by atoms with Crippen LogP contribution in [0.15, 0.2) is 30.3 Å². The van der Waals surface area contributed by atoms with Gasteiger partial charge in [-0.2, -0.15) is 0 Å². The Kier molecular flexibility index (Phi) is 3.65. The average Bonchev–Trinajstić information content (AvgIpc) is 2.83. The van der Waals surface area contributed by atoms with Crippen molar-refractivity contribution in [3.63, 3.8) is 0 Å². The molecule has 16 heavy (non-hydrogen) atoms. The third-order valence-corrected chi connectivity index (χ3v) is 4.00. The number of hydrogen-bond acceptors (Lipinski definition) is 1. The summed E-state index contributed by atoms with van der Waals surface area (Å²) in [6.45, 7) is 2.09. The van der Waals surface area contributed by atoms with Gasteiger partial charge in [-0.1, -0.05) is 62.9 Å². The largest absolute Gasteiger partial charge is 0.385 e. The van der Waals surface area contributed by atoms with Gasteiger partial charge in [-0.15, -0.1) is 0 Å². The zero-order valence-corrected chi connectivity index (χ0v) is 10.2. The minimum Gasteiger partial charge on any atom is -0.385 e.